The molecular formula is C32H40ClN3O5S. The van der Waals surface area contributed by atoms with Crippen LogP contribution < -0.4 is 14.4 Å². The lowest BCUT2D eigenvalue weighted by atomic mass is 10.1. The smallest absolute Gasteiger partial charge is 0.264 e. The van der Waals surface area contributed by atoms with Crippen LogP contribution in [0.2, 0.25) is 5.02 Å². The van der Waals surface area contributed by atoms with Crippen molar-refractivity contribution < 1.29 is 22.7 Å². The average molecular weight is 614 g/mol. The molecule has 0 aromatic heterocycles. The summed E-state index contributed by atoms with van der Waals surface area (Å²) in [6.07, 6.45) is 0.340. The third-order valence-electron chi connectivity index (χ3n) is 6.80. The van der Waals surface area contributed by atoms with Gasteiger partial charge in [0, 0.05) is 18.1 Å². The molecule has 0 bridgehead atoms. The quantitative estimate of drug-likeness (QED) is 0.265. The van der Waals surface area contributed by atoms with E-state index in [1.54, 1.807) is 24.3 Å². The molecule has 3 aromatic rings. The number of aryl methyl sites for hydroxylation is 2. The summed E-state index contributed by atoms with van der Waals surface area (Å²) in [7, 11) is -2.84. The van der Waals surface area contributed by atoms with Gasteiger partial charge in [0.05, 0.1) is 17.7 Å². The van der Waals surface area contributed by atoms with Gasteiger partial charge in [-0.15, -0.1) is 0 Å². The van der Waals surface area contributed by atoms with Crippen LogP contribution in [-0.4, -0.2) is 51.4 Å². The number of benzene rings is 3. The minimum Gasteiger partial charge on any atom is -0.495 e. The second-order valence-corrected chi connectivity index (χ2v) is 13.0. The van der Waals surface area contributed by atoms with Gasteiger partial charge in [0.15, 0.2) is 0 Å². The molecule has 0 saturated carbocycles. The fourth-order valence-electron chi connectivity index (χ4n) is 4.56. The van der Waals surface area contributed by atoms with Crippen LogP contribution in [0.25, 0.3) is 0 Å². The molecule has 8 nitrogen and oxygen atoms in total. The summed E-state index contributed by atoms with van der Waals surface area (Å²) in [6.45, 7) is 9.62. The largest absolute Gasteiger partial charge is 0.495 e. The number of nitrogens with one attached hydrogen (secondary N) is 1. The molecule has 0 spiro atoms. The van der Waals surface area contributed by atoms with Crippen molar-refractivity contribution in [2.75, 3.05) is 24.5 Å². The third-order valence-corrected chi connectivity index (χ3v) is 8.81. The van der Waals surface area contributed by atoms with E-state index in [4.69, 9.17) is 16.3 Å². The van der Waals surface area contributed by atoms with Crippen molar-refractivity contribution in [3.8, 4) is 5.75 Å². The number of methoxy groups -OCH3 is 1. The first-order chi connectivity index (χ1) is 19.9. The van der Waals surface area contributed by atoms with Crippen molar-refractivity contribution in [2.24, 2.45) is 5.92 Å². The van der Waals surface area contributed by atoms with Crippen molar-refractivity contribution in [3.63, 3.8) is 0 Å². The summed E-state index contributed by atoms with van der Waals surface area (Å²) >= 11 is 6.31. The Morgan fingerprint density at radius 2 is 1.67 bits per heavy atom. The van der Waals surface area contributed by atoms with E-state index >= 15 is 0 Å². The Hall–Kier alpha value is -3.56. The number of nitrogens with zero attached hydrogens (tertiary/aromatic N) is 2. The molecule has 42 heavy (non-hydrogen) atoms. The van der Waals surface area contributed by atoms with E-state index in [1.165, 1.54) is 30.2 Å². The predicted octanol–water partition coefficient (Wildman–Crippen LogP) is 5.74. The highest BCUT2D eigenvalue weighted by atomic mass is 35.5. The molecular weight excluding hydrogens is 574 g/mol. The minimum atomic E-state index is -4.26. The predicted molar refractivity (Wildman–Crippen MR) is 167 cm³/mol. The molecule has 0 fully saturated rings. The van der Waals surface area contributed by atoms with E-state index < -0.39 is 28.5 Å². The molecule has 2 amide bonds. The zero-order chi connectivity index (χ0) is 31.0. The Balaban J connectivity index is 2.12. The highest BCUT2D eigenvalue weighted by Gasteiger charge is 2.35. The summed E-state index contributed by atoms with van der Waals surface area (Å²) < 4.78 is 34.7. The number of halogens is 1. The molecule has 10 heteroatoms. The Morgan fingerprint density at radius 3 is 2.26 bits per heavy atom. The van der Waals surface area contributed by atoms with Gasteiger partial charge >= 0.3 is 0 Å². The summed E-state index contributed by atoms with van der Waals surface area (Å²) in [5, 5.41) is 3.21. The fraction of sp³-hybridized carbons (Fsp3) is 0.375. The lowest BCUT2D eigenvalue weighted by Gasteiger charge is -2.33. The summed E-state index contributed by atoms with van der Waals surface area (Å²) in [4.78, 5) is 29.1. The maximum atomic E-state index is 14.2. The average Bonchev–Trinajstić information content (AvgIpc) is 2.94. The van der Waals surface area contributed by atoms with Crippen LogP contribution in [0.4, 0.5) is 5.69 Å². The number of hydrogen-bond acceptors (Lipinski definition) is 5. The Morgan fingerprint density at radius 1 is 0.976 bits per heavy atom. The maximum Gasteiger partial charge on any atom is 0.264 e. The molecule has 0 aliphatic rings. The van der Waals surface area contributed by atoms with Crippen LogP contribution in [0, 0.1) is 19.8 Å². The van der Waals surface area contributed by atoms with E-state index in [0.717, 1.165) is 21.0 Å². The Bertz CT molecular complexity index is 1490. The zero-order valence-corrected chi connectivity index (χ0v) is 26.6. The molecule has 226 valence electrons. The molecule has 0 saturated heterocycles. The number of ether oxygens (including phenoxy) is 1. The number of rotatable bonds is 13. The van der Waals surface area contributed by atoms with Gasteiger partial charge in [0.1, 0.15) is 18.3 Å². The van der Waals surface area contributed by atoms with Crippen molar-refractivity contribution in [1.29, 1.82) is 0 Å². The van der Waals surface area contributed by atoms with Crippen LogP contribution in [0.5, 0.6) is 5.75 Å². The first-order valence-corrected chi connectivity index (χ1v) is 15.7. The van der Waals surface area contributed by atoms with Crippen molar-refractivity contribution in [2.45, 2.75) is 58.5 Å². The van der Waals surface area contributed by atoms with E-state index in [1.807, 2.05) is 58.9 Å². The van der Waals surface area contributed by atoms with Crippen LogP contribution >= 0.6 is 11.6 Å². The van der Waals surface area contributed by atoms with Gasteiger partial charge in [0.25, 0.3) is 10.0 Å². The molecule has 0 radical (unpaired) electrons. The zero-order valence-electron chi connectivity index (χ0n) is 25.1. The van der Waals surface area contributed by atoms with E-state index in [0.29, 0.717) is 13.0 Å². The van der Waals surface area contributed by atoms with E-state index in [-0.39, 0.29) is 39.7 Å². The van der Waals surface area contributed by atoms with Crippen LogP contribution in [0.1, 0.15) is 43.9 Å². The summed E-state index contributed by atoms with van der Waals surface area (Å²) in [6, 6.07) is 17.8. The molecule has 1 atom stereocenters. The van der Waals surface area contributed by atoms with Gasteiger partial charge < -0.3 is 15.0 Å². The lowest BCUT2D eigenvalue weighted by Crippen LogP contribution is -2.52. The number of amides is 2. The van der Waals surface area contributed by atoms with Gasteiger partial charge in [-0.2, -0.15) is 0 Å². The third kappa shape index (κ3) is 8.26. The topological polar surface area (TPSA) is 96.0 Å². The normalized spacial score (nSPS) is 12.1. The molecule has 3 rings (SSSR count). The highest BCUT2D eigenvalue weighted by Crippen LogP contribution is 2.35. The number of anilines is 1. The summed E-state index contributed by atoms with van der Waals surface area (Å²) in [5.74, 6) is -0.381. The molecule has 1 N–H and O–H groups in total. The number of sulfonamides is 1. The van der Waals surface area contributed by atoms with Crippen LogP contribution in [0.15, 0.2) is 71.6 Å². The van der Waals surface area contributed by atoms with Crippen molar-refractivity contribution in [1.82, 2.24) is 10.2 Å². The van der Waals surface area contributed by atoms with E-state index in [2.05, 4.69) is 5.32 Å². The van der Waals surface area contributed by atoms with Gasteiger partial charge in [0.2, 0.25) is 11.8 Å². The second kappa shape index (κ2) is 14.6. The van der Waals surface area contributed by atoms with E-state index in [9.17, 15) is 18.0 Å². The Kier molecular flexibility index (Phi) is 11.4. The number of carbonyl (C=O) groups excluding carboxylic acids is 2. The standard InChI is InChI=1S/C32H40ClN3O5S/c1-7-28(32(38)34-19-22(2)3)35(20-25-10-8-9-24(5)17-25)31(37)21-36(29-18-26(33)13-16-30(29)41-6)42(39,40)27-14-11-23(4)12-15-27/h8-18,22,28H,7,19-21H2,1-6H3,(H,34,38)/t28-/m0/s1. The lowest BCUT2D eigenvalue weighted by molar-refractivity contribution is -0.140. The van der Waals surface area contributed by atoms with Gasteiger partial charge in [-0.3, -0.25) is 13.9 Å². The molecule has 3 aromatic carbocycles. The monoisotopic (exact) mass is 613 g/mol. The van der Waals surface area contributed by atoms with Gasteiger partial charge in [-0.05, 0) is 62.1 Å². The van der Waals surface area contributed by atoms with Gasteiger partial charge in [-0.1, -0.05) is 79.9 Å². The van der Waals surface area contributed by atoms with Crippen LogP contribution in [-0.2, 0) is 26.2 Å². The molecule has 0 unspecified atom stereocenters. The molecule has 0 aliphatic carbocycles. The fourth-order valence-corrected chi connectivity index (χ4v) is 6.14. The maximum absolute atomic E-state index is 14.2. The Labute approximate surface area is 254 Å². The molecule has 0 aliphatic heterocycles. The highest BCUT2D eigenvalue weighted by molar-refractivity contribution is 7.92. The SMILES string of the molecule is CC[C@@H](C(=O)NCC(C)C)N(Cc1cccc(C)c1)C(=O)CN(c1cc(Cl)ccc1OC)S(=O)(=O)c1ccc(C)cc1. The van der Waals surface area contributed by atoms with Gasteiger partial charge in [-0.25, -0.2) is 8.42 Å². The molecule has 0 heterocycles. The van der Waals surface area contributed by atoms with Crippen LogP contribution in [0.3, 0.4) is 0 Å². The minimum absolute atomic E-state index is 0.00915. The second-order valence-electron chi connectivity index (χ2n) is 10.7. The number of hydrogen-bond donors (Lipinski definition) is 1. The van der Waals surface area contributed by atoms with Crippen molar-refractivity contribution in [3.05, 3.63) is 88.4 Å². The first kappa shape index (κ1) is 32.9. The number of carbonyl (C=O) groups is 2. The van der Waals surface area contributed by atoms with Crippen molar-refractivity contribution >= 4 is 39.1 Å². The first-order valence-electron chi connectivity index (χ1n) is 13.9. The summed E-state index contributed by atoms with van der Waals surface area (Å²) in [5.41, 5.74) is 2.84.